The van der Waals surface area contributed by atoms with Gasteiger partial charge in [-0.3, -0.25) is 4.79 Å². The van der Waals surface area contributed by atoms with Gasteiger partial charge in [-0.2, -0.15) is 0 Å². The first-order valence-electron chi connectivity index (χ1n) is 7.27. The van der Waals surface area contributed by atoms with Crippen LogP contribution in [0, 0.1) is 0 Å². The number of hydrogen-bond donors (Lipinski definition) is 1. The zero-order valence-electron chi connectivity index (χ0n) is 12.8. The number of methoxy groups -OCH3 is 1. The van der Waals surface area contributed by atoms with Crippen LogP contribution in [-0.4, -0.2) is 18.2 Å². The third kappa shape index (κ3) is 4.48. The van der Waals surface area contributed by atoms with Crippen molar-refractivity contribution < 1.29 is 14.1 Å². The molecule has 1 aromatic heterocycles. The Morgan fingerprint density at radius 3 is 2.82 bits per heavy atom. The number of carbonyl (C=O) groups excluding carboxylic acids is 1. The molecule has 0 saturated heterocycles. The summed E-state index contributed by atoms with van der Waals surface area (Å²) in [6.45, 7) is 2.42. The maximum absolute atomic E-state index is 12.0. The first kappa shape index (κ1) is 15.8. The molecule has 0 saturated carbocycles. The standard InChI is InChI=1S/C17H20N2O3/c1-3-4-5-6-14-11-16(22-19-14)12-18-17(20)13-7-9-15(21-2)10-8-13/h5-11H,3-4,12H2,1-2H3,(H,18,20)/b6-5+. The van der Waals surface area contributed by atoms with Crippen LogP contribution in [0.5, 0.6) is 5.75 Å². The van der Waals surface area contributed by atoms with E-state index in [9.17, 15) is 4.79 Å². The number of ether oxygens (including phenoxy) is 1. The lowest BCUT2D eigenvalue weighted by atomic mass is 10.2. The number of nitrogens with one attached hydrogen (secondary N) is 1. The van der Waals surface area contributed by atoms with Gasteiger partial charge in [0.05, 0.1) is 13.7 Å². The molecule has 1 heterocycles. The van der Waals surface area contributed by atoms with Gasteiger partial charge in [-0.25, -0.2) is 0 Å². The SMILES string of the molecule is CCC/C=C/c1cc(CNC(=O)c2ccc(OC)cc2)on1. The van der Waals surface area contributed by atoms with Gasteiger partial charge in [0.1, 0.15) is 11.4 Å². The van der Waals surface area contributed by atoms with E-state index in [1.54, 1.807) is 31.4 Å². The third-order valence-corrected chi connectivity index (χ3v) is 3.10. The molecule has 2 rings (SSSR count). The number of nitrogens with zero attached hydrogens (tertiary/aromatic N) is 1. The maximum Gasteiger partial charge on any atom is 0.251 e. The number of rotatable bonds is 7. The Kier molecular flexibility index (Phi) is 5.77. The molecule has 116 valence electrons. The normalized spacial score (nSPS) is 10.8. The van der Waals surface area contributed by atoms with Crippen molar-refractivity contribution >= 4 is 12.0 Å². The zero-order valence-corrected chi connectivity index (χ0v) is 12.8. The average Bonchev–Trinajstić information content (AvgIpc) is 3.01. The van der Waals surface area contributed by atoms with Crippen molar-refractivity contribution in [1.29, 1.82) is 0 Å². The minimum Gasteiger partial charge on any atom is -0.497 e. The smallest absolute Gasteiger partial charge is 0.251 e. The van der Waals surface area contributed by atoms with Gasteiger partial charge in [0, 0.05) is 11.6 Å². The van der Waals surface area contributed by atoms with Crippen LogP contribution in [0.2, 0.25) is 0 Å². The molecule has 0 aliphatic heterocycles. The third-order valence-electron chi connectivity index (χ3n) is 3.10. The highest BCUT2D eigenvalue weighted by molar-refractivity contribution is 5.94. The second-order valence-electron chi connectivity index (χ2n) is 4.82. The number of benzene rings is 1. The van der Waals surface area contributed by atoms with Gasteiger partial charge >= 0.3 is 0 Å². The Morgan fingerprint density at radius 2 is 2.14 bits per heavy atom. The first-order valence-corrected chi connectivity index (χ1v) is 7.27. The molecule has 0 unspecified atom stereocenters. The van der Waals surface area contributed by atoms with Gasteiger partial charge in [-0.1, -0.05) is 24.6 Å². The minimum absolute atomic E-state index is 0.165. The molecule has 0 aliphatic carbocycles. The van der Waals surface area contributed by atoms with Crippen LogP contribution in [0.3, 0.4) is 0 Å². The Bertz CT molecular complexity index is 630. The van der Waals surface area contributed by atoms with Crippen molar-refractivity contribution in [1.82, 2.24) is 10.5 Å². The molecule has 0 aliphatic rings. The molecule has 5 heteroatoms. The lowest BCUT2D eigenvalue weighted by Gasteiger charge is -2.04. The molecule has 0 spiro atoms. The van der Waals surface area contributed by atoms with Crippen LogP contribution in [0.1, 0.15) is 41.6 Å². The summed E-state index contributed by atoms with van der Waals surface area (Å²) in [5.74, 6) is 1.18. The fourth-order valence-electron chi connectivity index (χ4n) is 1.87. The van der Waals surface area contributed by atoms with E-state index in [4.69, 9.17) is 9.26 Å². The van der Waals surface area contributed by atoms with E-state index in [2.05, 4.69) is 23.5 Å². The Morgan fingerprint density at radius 1 is 1.36 bits per heavy atom. The van der Waals surface area contributed by atoms with E-state index in [0.29, 0.717) is 17.9 Å². The average molecular weight is 300 g/mol. The maximum atomic E-state index is 12.0. The van der Waals surface area contributed by atoms with Gasteiger partial charge < -0.3 is 14.6 Å². The molecule has 1 N–H and O–H groups in total. The predicted octanol–water partition coefficient (Wildman–Crippen LogP) is 3.43. The van der Waals surface area contributed by atoms with Gasteiger partial charge in [0.25, 0.3) is 5.91 Å². The summed E-state index contributed by atoms with van der Waals surface area (Å²) in [7, 11) is 1.59. The van der Waals surface area contributed by atoms with Crippen molar-refractivity contribution in [3.63, 3.8) is 0 Å². The van der Waals surface area contributed by atoms with E-state index >= 15 is 0 Å². The van der Waals surface area contributed by atoms with Crippen molar-refractivity contribution in [2.75, 3.05) is 7.11 Å². The second kappa shape index (κ2) is 8.02. The van der Waals surface area contributed by atoms with Crippen LogP contribution < -0.4 is 10.1 Å². The van der Waals surface area contributed by atoms with Gasteiger partial charge in [0.15, 0.2) is 5.76 Å². The van der Waals surface area contributed by atoms with Crippen molar-refractivity contribution in [3.8, 4) is 5.75 Å². The second-order valence-corrected chi connectivity index (χ2v) is 4.82. The molecular weight excluding hydrogens is 280 g/mol. The largest absolute Gasteiger partial charge is 0.497 e. The molecule has 0 fully saturated rings. The lowest BCUT2D eigenvalue weighted by molar-refractivity contribution is 0.0947. The fourth-order valence-corrected chi connectivity index (χ4v) is 1.87. The van der Waals surface area contributed by atoms with Gasteiger partial charge in [-0.15, -0.1) is 0 Å². The number of unbranched alkanes of at least 4 members (excludes halogenated alkanes) is 1. The van der Waals surface area contributed by atoms with E-state index in [-0.39, 0.29) is 5.91 Å². The summed E-state index contributed by atoms with van der Waals surface area (Å²) < 4.78 is 10.2. The number of amides is 1. The van der Waals surface area contributed by atoms with E-state index in [1.165, 1.54) is 0 Å². The monoisotopic (exact) mass is 300 g/mol. The highest BCUT2D eigenvalue weighted by Crippen LogP contribution is 2.11. The molecular formula is C17H20N2O3. The molecule has 2 aromatic rings. The van der Waals surface area contributed by atoms with Gasteiger partial charge in [-0.05, 0) is 36.8 Å². The van der Waals surface area contributed by atoms with Crippen LogP contribution in [0.15, 0.2) is 40.9 Å². The molecule has 1 amide bonds. The molecule has 5 nitrogen and oxygen atoms in total. The molecule has 0 bridgehead atoms. The summed E-state index contributed by atoms with van der Waals surface area (Å²) in [5.41, 5.74) is 1.34. The highest BCUT2D eigenvalue weighted by Gasteiger charge is 2.07. The van der Waals surface area contributed by atoms with Crippen molar-refractivity contribution in [3.05, 3.63) is 53.4 Å². The predicted molar refractivity (Wildman–Crippen MR) is 84.6 cm³/mol. The number of allylic oxidation sites excluding steroid dienone is 1. The number of hydrogen-bond acceptors (Lipinski definition) is 4. The fraction of sp³-hybridized carbons (Fsp3) is 0.294. The van der Waals surface area contributed by atoms with Crippen LogP contribution in [-0.2, 0) is 6.54 Å². The minimum atomic E-state index is -0.165. The van der Waals surface area contributed by atoms with Crippen molar-refractivity contribution in [2.24, 2.45) is 0 Å². The highest BCUT2D eigenvalue weighted by atomic mass is 16.5. The summed E-state index contributed by atoms with van der Waals surface area (Å²) >= 11 is 0. The van der Waals surface area contributed by atoms with Crippen molar-refractivity contribution in [2.45, 2.75) is 26.3 Å². The Labute approximate surface area is 130 Å². The number of carbonyl (C=O) groups is 1. The molecule has 22 heavy (non-hydrogen) atoms. The number of aromatic nitrogens is 1. The quantitative estimate of drug-likeness (QED) is 0.851. The van der Waals surface area contributed by atoms with E-state index in [0.717, 1.165) is 24.3 Å². The molecule has 0 radical (unpaired) electrons. The van der Waals surface area contributed by atoms with E-state index < -0.39 is 0 Å². The zero-order chi connectivity index (χ0) is 15.8. The van der Waals surface area contributed by atoms with Crippen LogP contribution in [0.4, 0.5) is 0 Å². The lowest BCUT2D eigenvalue weighted by Crippen LogP contribution is -2.22. The summed E-state index contributed by atoms with van der Waals surface area (Å²) in [4.78, 5) is 12.0. The summed E-state index contributed by atoms with van der Waals surface area (Å²) in [6.07, 6.45) is 6.08. The van der Waals surface area contributed by atoms with E-state index in [1.807, 2.05) is 12.1 Å². The van der Waals surface area contributed by atoms with Gasteiger partial charge in [0.2, 0.25) is 0 Å². The first-order chi connectivity index (χ1) is 10.7. The van der Waals surface area contributed by atoms with Crippen LogP contribution in [0.25, 0.3) is 6.08 Å². The summed E-state index contributed by atoms with van der Waals surface area (Å²) in [5, 5.41) is 6.73. The molecule has 1 aromatic carbocycles. The Balaban J connectivity index is 1.87. The van der Waals surface area contributed by atoms with Crippen LogP contribution >= 0.6 is 0 Å². The molecule has 0 atom stereocenters. The Hall–Kier alpha value is -2.56. The topological polar surface area (TPSA) is 64.4 Å². The summed E-state index contributed by atoms with van der Waals surface area (Å²) in [6, 6.07) is 8.75.